The highest BCUT2D eigenvalue weighted by Gasteiger charge is 2.83. The van der Waals surface area contributed by atoms with Crippen molar-refractivity contribution in [2.45, 2.75) is 44.8 Å². The minimum atomic E-state index is -0.700. The van der Waals surface area contributed by atoms with Gasteiger partial charge in [-0.2, -0.15) is 0 Å². The van der Waals surface area contributed by atoms with Crippen molar-refractivity contribution in [3.63, 3.8) is 0 Å². The van der Waals surface area contributed by atoms with Crippen LogP contribution in [0.4, 0.5) is 0 Å². The molecule has 4 bridgehead atoms. The molecule has 0 radical (unpaired) electrons. The molecule has 0 N–H and O–H groups in total. The zero-order valence-corrected chi connectivity index (χ0v) is 11.5. The van der Waals surface area contributed by atoms with Crippen molar-refractivity contribution >= 4 is 11.8 Å². The summed E-state index contributed by atoms with van der Waals surface area (Å²) >= 11 is 0. The predicted octanol–water partition coefficient (Wildman–Crippen LogP) is 1.63. The topological polar surface area (TPSA) is 52.6 Å². The van der Waals surface area contributed by atoms with E-state index in [2.05, 4.69) is 13.8 Å². The molecule has 102 valence electrons. The molecular weight excluding hydrogens is 244 g/mol. The van der Waals surface area contributed by atoms with Crippen LogP contribution in [0.1, 0.15) is 33.1 Å². The molecule has 2 spiro atoms. The molecule has 0 aromatic rings. The smallest absolute Gasteiger partial charge is 0.336 e. The number of methoxy groups -OCH3 is 1. The van der Waals surface area contributed by atoms with Crippen molar-refractivity contribution in [1.29, 1.82) is 0 Å². The molecule has 1 saturated heterocycles. The summed E-state index contributed by atoms with van der Waals surface area (Å²) in [5.74, 6) is 0.298. The first-order valence-corrected chi connectivity index (χ1v) is 6.93. The van der Waals surface area contributed by atoms with E-state index in [-0.39, 0.29) is 17.2 Å². The first-order chi connectivity index (χ1) is 8.90. The van der Waals surface area contributed by atoms with Gasteiger partial charge in [0.1, 0.15) is 11.7 Å². The number of carbonyl (C=O) groups excluding carboxylic acids is 2. The van der Waals surface area contributed by atoms with Gasteiger partial charge in [-0.15, -0.1) is 0 Å². The minimum Gasteiger partial charge on any atom is -0.466 e. The number of carbonyl (C=O) groups is 2. The molecular formula is C15H18O4. The highest BCUT2D eigenvalue weighted by atomic mass is 16.5. The second kappa shape index (κ2) is 2.95. The van der Waals surface area contributed by atoms with E-state index >= 15 is 0 Å². The summed E-state index contributed by atoms with van der Waals surface area (Å²) in [5.41, 5.74) is -0.705. The average molecular weight is 262 g/mol. The zero-order chi connectivity index (χ0) is 13.6. The summed E-state index contributed by atoms with van der Waals surface area (Å²) in [6.07, 6.45) is 3.84. The summed E-state index contributed by atoms with van der Waals surface area (Å²) in [4.78, 5) is 24.8. The maximum absolute atomic E-state index is 12.8. The fraction of sp³-hybridized carbons (Fsp3) is 0.733. The second-order valence-electron chi connectivity index (χ2n) is 6.87. The number of esters is 1. The monoisotopic (exact) mass is 262 g/mol. The van der Waals surface area contributed by atoms with Crippen molar-refractivity contribution < 1.29 is 19.1 Å². The normalized spacial score (nSPS) is 48.4. The summed E-state index contributed by atoms with van der Waals surface area (Å²) in [6.45, 7) is 4.33. The molecule has 4 rings (SSSR count). The van der Waals surface area contributed by atoms with E-state index in [4.69, 9.17) is 9.47 Å². The predicted molar refractivity (Wildman–Crippen MR) is 66.3 cm³/mol. The van der Waals surface area contributed by atoms with Gasteiger partial charge in [-0.25, -0.2) is 4.79 Å². The van der Waals surface area contributed by atoms with Crippen LogP contribution in [0.5, 0.6) is 0 Å². The number of rotatable bonds is 1. The lowest BCUT2D eigenvalue weighted by molar-refractivity contribution is -0.141. The highest BCUT2D eigenvalue weighted by molar-refractivity contribution is 6.05. The van der Waals surface area contributed by atoms with Crippen molar-refractivity contribution in [1.82, 2.24) is 0 Å². The van der Waals surface area contributed by atoms with E-state index in [1.54, 1.807) is 6.08 Å². The van der Waals surface area contributed by atoms with Crippen LogP contribution in [-0.4, -0.2) is 30.6 Å². The third-order valence-corrected chi connectivity index (χ3v) is 6.38. The lowest BCUT2D eigenvalue weighted by Gasteiger charge is -2.43. The molecule has 4 heteroatoms. The van der Waals surface area contributed by atoms with Crippen LogP contribution in [0.15, 0.2) is 11.6 Å². The maximum atomic E-state index is 12.8. The van der Waals surface area contributed by atoms with Crippen molar-refractivity contribution in [2.24, 2.45) is 16.7 Å². The van der Waals surface area contributed by atoms with E-state index < -0.39 is 17.1 Å². The third kappa shape index (κ3) is 0.882. The Hall–Kier alpha value is -1.16. The van der Waals surface area contributed by atoms with Gasteiger partial charge in [0.15, 0.2) is 5.78 Å². The van der Waals surface area contributed by atoms with Gasteiger partial charge >= 0.3 is 5.97 Å². The summed E-state index contributed by atoms with van der Waals surface area (Å²) < 4.78 is 10.9. The van der Waals surface area contributed by atoms with Crippen LogP contribution < -0.4 is 0 Å². The molecule has 2 saturated carbocycles. The standard InChI is InChI=1S/C15H18O4/c1-13(2)8-4-5-14(13)11(16)10-6-9(12(17)18-3)15(14,7-8)19-10/h6,8,10H,4-5,7H2,1-3H3. The van der Waals surface area contributed by atoms with Gasteiger partial charge in [-0.3, -0.25) is 4.79 Å². The Bertz CT molecular complexity index is 546. The SMILES string of the molecule is COC(=O)C1=CC2OC13CC1CCC3(C2=O)C1(C)C. The maximum Gasteiger partial charge on any atom is 0.336 e. The van der Waals surface area contributed by atoms with Gasteiger partial charge in [0.2, 0.25) is 0 Å². The van der Waals surface area contributed by atoms with Gasteiger partial charge in [0.05, 0.1) is 18.1 Å². The molecule has 2 aliphatic heterocycles. The minimum absolute atomic E-state index is 0.0909. The first-order valence-electron chi connectivity index (χ1n) is 6.93. The molecule has 4 aliphatic rings. The Balaban J connectivity index is 1.95. The van der Waals surface area contributed by atoms with Crippen LogP contribution in [0, 0.1) is 16.7 Å². The van der Waals surface area contributed by atoms with Crippen molar-refractivity contribution in [3.05, 3.63) is 11.6 Å². The molecule has 2 heterocycles. The van der Waals surface area contributed by atoms with E-state index in [1.165, 1.54) is 7.11 Å². The molecule has 19 heavy (non-hydrogen) atoms. The molecule has 0 aromatic heterocycles. The second-order valence-corrected chi connectivity index (χ2v) is 6.87. The number of Topliss-reactive ketones (excluding diaryl/α,β-unsaturated/α-hetero) is 1. The van der Waals surface area contributed by atoms with Crippen molar-refractivity contribution in [2.75, 3.05) is 7.11 Å². The molecule has 4 nitrogen and oxygen atoms in total. The van der Waals surface area contributed by atoms with Gasteiger partial charge in [-0.1, -0.05) is 13.8 Å². The number of ketones is 1. The lowest BCUT2D eigenvalue weighted by Crippen LogP contribution is -2.53. The largest absolute Gasteiger partial charge is 0.466 e. The Morgan fingerprint density at radius 2 is 2.21 bits per heavy atom. The molecule has 3 fully saturated rings. The van der Waals surface area contributed by atoms with Crippen LogP contribution >= 0.6 is 0 Å². The molecule has 4 atom stereocenters. The van der Waals surface area contributed by atoms with Crippen LogP contribution in [0.25, 0.3) is 0 Å². The molecule has 2 aliphatic carbocycles. The number of hydrogen-bond acceptors (Lipinski definition) is 4. The van der Waals surface area contributed by atoms with Crippen molar-refractivity contribution in [3.8, 4) is 0 Å². The van der Waals surface area contributed by atoms with Gasteiger partial charge < -0.3 is 9.47 Å². The quantitative estimate of drug-likeness (QED) is 0.674. The number of ether oxygens (including phenoxy) is 2. The van der Waals surface area contributed by atoms with Crippen LogP contribution in [0.2, 0.25) is 0 Å². The summed E-state index contributed by atoms with van der Waals surface area (Å²) in [7, 11) is 1.39. The Kier molecular flexibility index (Phi) is 1.81. The number of hydrogen-bond donors (Lipinski definition) is 0. The molecule has 0 aromatic carbocycles. The fourth-order valence-electron chi connectivity index (χ4n) is 5.47. The summed E-state index contributed by atoms with van der Waals surface area (Å²) in [6, 6.07) is 0. The summed E-state index contributed by atoms with van der Waals surface area (Å²) in [5, 5.41) is 0. The first kappa shape index (κ1) is 11.6. The zero-order valence-electron chi connectivity index (χ0n) is 11.5. The lowest BCUT2D eigenvalue weighted by atomic mass is 9.57. The highest BCUT2D eigenvalue weighted by Crippen LogP contribution is 2.77. The van der Waals surface area contributed by atoms with Gasteiger partial charge in [0.25, 0.3) is 0 Å². The average Bonchev–Trinajstić information content (AvgIpc) is 3.00. The van der Waals surface area contributed by atoms with E-state index in [0.29, 0.717) is 11.5 Å². The number of fused-ring (bicyclic) bond motifs is 2. The Labute approximate surface area is 112 Å². The third-order valence-electron chi connectivity index (χ3n) is 6.38. The molecule has 0 amide bonds. The van der Waals surface area contributed by atoms with E-state index in [0.717, 1.165) is 19.3 Å². The van der Waals surface area contributed by atoms with Crippen LogP contribution in [0.3, 0.4) is 0 Å². The Morgan fingerprint density at radius 1 is 1.47 bits per heavy atom. The van der Waals surface area contributed by atoms with Crippen LogP contribution in [-0.2, 0) is 19.1 Å². The molecule has 4 unspecified atom stereocenters. The van der Waals surface area contributed by atoms with Gasteiger partial charge in [0, 0.05) is 0 Å². The van der Waals surface area contributed by atoms with E-state index in [9.17, 15) is 9.59 Å². The van der Waals surface area contributed by atoms with E-state index in [1.807, 2.05) is 0 Å². The van der Waals surface area contributed by atoms with Gasteiger partial charge in [-0.05, 0) is 36.7 Å². The Morgan fingerprint density at radius 3 is 2.84 bits per heavy atom. The fourth-order valence-corrected chi connectivity index (χ4v) is 5.47.